The van der Waals surface area contributed by atoms with E-state index in [1.807, 2.05) is 89.2 Å². The molecule has 0 aromatic heterocycles. The molecule has 0 spiro atoms. The van der Waals surface area contributed by atoms with E-state index in [4.69, 9.17) is 11.6 Å². The van der Waals surface area contributed by atoms with Gasteiger partial charge in [-0.3, -0.25) is 0 Å². The highest BCUT2D eigenvalue weighted by Gasteiger charge is 2.09. The lowest BCUT2D eigenvalue weighted by Gasteiger charge is -2.09. The molecule has 0 aliphatic rings. The van der Waals surface area contributed by atoms with Gasteiger partial charge in [-0.1, -0.05) is 369 Å². The fourth-order valence-electron chi connectivity index (χ4n) is 11.1. The largest absolute Gasteiger partial charge is 0.207 e. The van der Waals surface area contributed by atoms with Gasteiger partial charge < -0.3 is 0 Å². The molecule has 0 radical (unpaired) electrons. The van der Waals surface area contributed by atoms with E-state index in [1.54, 1.807) is 36.4 Å². The summed E-state index contributed by atoms with van der Waals surface area (Å²) >= 11 is 5.58. The molecule has 0 aliphatic carbocycles. The van der Waals surface area contributed by atoms with Crippen LogP contribution in [0, 0.1) is 76.4 Å². The van der Waals surface area contributed by atoms with E-state index >= 15 is 0 Å². The van der Waals surface area contributed by atoms with E-state index in [-0.39, 0.29) is 46.7 Å². The molecule has 0 bridgehead atoms. The Morgan fingerprint density at radius 1 is 0.188 bits per heavy atom. The Morgan fingerprint density at radius 3 is 0.839 bits per heavy atom. The Kier molecular flexibility index (Phi) is 49.6. The minimum atomic E-state index is -0.215. The quantitative estimate of drug-likeness (QED) is 0.113. The van der Waals surface area contributed by atoms with Crippen molar-refractivity contribution in [2.45, 2.75) is 259 Å². The van der Waals surface area contributed by atoms with Crippen molar-refractivity contribution >= 4 is 11.6 Å². The third kappa shape index (κ3) is 42.8. The number of hydrogen-bond donors (Lipinski definition) is 0. The van der Waals surface area contributed by atoms with Crippen molar-refractivity contribution in [3.05, 3.63) is 389 Å². The van der Waals surface area contributed by atoms with Crippen LogP contribution in [0.15, 0.2) is 255 Å². The lowest BCUT2D eigenvalue weighted by molar-refractivity contribution is 0.598. The predicted molar refractivity (Wildman–Crippen MR) is 479 cm³/mol. The highest BCUT2D eigenvalue weighted by atomic mass is 35.5. The van der Waals surface area contributed by atoms with Gasteiger partial charge in [0.25, 0.3) is 0 Å². The molecule has 0 saturated carbocycles. The fraction of sp³-hybridized carbons (Fsp3) is 0.371. The molecule has 112 heavy (non-hydrogen) atoms. The number of halogens is 7. The smallest absolute Gasteiger partial charge is 0.128 e. The number of benzene rings is 11. The molecule has 11 rings (SSSR count). The van der Waals surface area contributed by atoms with Crippen molar-refractivity contribution < 1.29 is 26.3 Å². The van der Waals surface area contributed by atoms with Gasteiger partial charge in [-0.25, -0.2) is 26.3 Å². The third-order valence-electron chi connectivity index (χ3n) is 18.3. The van der Waals surface area contributed by atoms with Crippen LogP contribution in [0.1, 0.15) is 312 Å². The average molecular weight is 1550 g/mol. The van der Waals surface area contributed by atoms with E-state index < -0.39 is 0 Å². The van der Waals surface area contributed by atoms with Crippen LogP contribution >= 0.6 is 11.6 Å². The first kappa shape index (κ1) is 101. The van der Waals surface area contributed by atoms with Crippen molar-refractivity contribution in [2.24, 2.45) is 0 Å². The minimum Gasteiger partial charge on any atom is -0.207 e. The molecule has 0 atom stereocenters. The Morgan fingerprint density at radius 2 is 0.500 bits per heavy atom. The second-order valence-electron chi connectivity index (χ2n) is 32.0. The zero-order valence-electron chi connectivity index (χ0n) is 73.2. The van der Waals surface area contributed by atoms with Crippen LogP contribution in [0.4, 0.5) is 26.3 Å². The molecule has 0 amide bonds. The van der Waals surface area contributed by atoms with Crippen LogP contribution in [0.5, 0.6) is 0 Å². The highest BCUT2D eigenvalue weighted by molar-refractivity contribution is 6.30. The van der Waals surface area contributed by atoms with Crippen LogP contribution in [0.3, 0.4) is 0 Å². The molecular formula is C105H137ClF6. The standard InChI is InChI=1S/C11H16.C10H13F.3C10H14.C9H10ClF.4C9H11F.C9H12/c1-8(2)11-7-9(3)5-6-10(11)4;1-7(2)10-6-9(11)5-4-8(10)3;1-8(2)10-6-4-9(3)5-7-10;1-8(2)10-6-4-5-9(3)7-10;1-8(2)10-7-5-4-6-9(10)3;1-6(2)8-4-3-7(10)5-9(8)11;2*1-7(2)8-3-5-9(10)6-4-8;1-7(2)8-4-3-5-9(10)6-8;1-7(2)8-5-3-4-6-9(8)10;1-8(2)9-6-4-3-5-7-9/h5-8H,1-4H3;4-7H,1-3H3;3*4-8H,1-3H3;3-6H,1-2H3;4*3-7H,1-2H3;3-8H,1-2H3. The van der Waals surface area contributed by atoms with Gasteiger partial charge in [0, 0.05) is 5.02 Å². The molecule has 0 N–H and O–H groups in total. The molecular weight excluding hydrogens is 1410 g/mol. The molecule has 11 aromatic rings. The summed E-state index contributed by atoms with van der Waals surface area (Å²) in [5.41, 5.74) is 21.3. The molecule has 0 heterocycles. The third-order valence-corrected chi connectivity index (χ3v) is 18.6. The number of hydrogen-bond acceptors (Lipinski definition) is 0. The van der Waals surface area contributed by atoms with Gasteiger partial charge >= 0.3 is 0 Å². The topological polar surface area (TPSA) is 0 Å². The van der Waals surface area contributed by atoms with E-state index in [0.717, 1.165) is 22.3 Å². The lowest BCUT2D eigenvalue weighted by atomic mass is 9.96. The molecule has 0 aliphatic heterocycles. The van der Waals surface area contributed by atoms with Gasteiger partial charge in [0.2, 0.25) is 0 Å². The zero-order valence-corrected chi connectivity index (χ0v) is 74.0. The summed E-state index contributed by atoms with van der Waals surface area (Å²) in [5.74, 6) is 4.63. The van der Waals surface area contributed by atoms with E-state index in [2.05, 4.69) is 275 Å². The van der Waals surface area contributed by atoms with Gasteiger partial charge in [0.05, 0.1) is 0 Å². The Labute approximate surface area is 682 Å². The lowest BCUT2D eigenvalue weighted by Crippen LogP contribution is -1.92. The summed E-state index contributed by atoms with van der Waals surface area (Å²) in [6.45, 7) is 59.4. The van der Waals surface area contributed by atoms with Crippen molar-refractivity contribution in [1.82, 2.24) is 0 Å². The maximum Gasteiger partial charge on any atom is 0.128 e. The molecule has 0 nitrogen and oxygen atoms in total. The average Bonchev–Trinajstić information content (AvgIpc) is 0.871. The summed E-state index contributed by atoms with van der Waals surface area (Å²) in [6.07, 6.45) is 0. The highest BCUT2D eigenvalue weighted by Crippen LogP contribution is 2.25. The molecule has 0 fully saturated rings. The van der Waals surface area contributed by atoms with Gasteiger partial charge in [-0.2, -0.15) is 0 Å². The van der Waals surface area contributed by atoms with E-state index in [1.165, 1.54) is 121 Å². The first-order chi connectivity index (χ1) is 52.6. The Bertz CT molecular complexity index is 4020. The Balaban J connectivity index is 0.000000616. The number of rotatable bonds is 11. The minimum absolute atomic E-state index is 0.0995. The van der Waals surface area contributed by atoms with Gasteiger partial charge in [-0.15, -0.1) is 0 Å². The van der Waals surface area contributed by atoms with Crippen LogP contribution < -0.4 is 0 Å². The Hall–Kier alpha value is -8.71. The van der Waals surface area contributed by atoms with Crippen LogP contribution in [-0.2, 0) is 0 Å². The zero-order chi connectivity index (χ0) is 84.9. The van der Waals surface area contributed by atoms with E-state index in [9.17, 15) is 26.3 Å². The molecule has 606 valence electrons. The van der Waals surface area contributed by atoms with Gasteiger partial charge in [0.15, 0.2) is 0 Å². The number of aryl methyl sites for hydroxylation is 6. The second-order valence-corrected chi connectivity index (χ2v) is 32.4. The second kappa shape index (κ2) is 54.9. The normalized spacial score (nSPS) is 10.4. The van der Waals surface area contributed by atoms with Crippen molar-refractivity contribution in [1.29, 1.82) is 0 Å². The maximum absolute atomic E-state index is 13.0. The SMILES string of the molecule is CC(C)c1ccc(Cl)cc1F.CC(C)c1ccc(F)cc1.CC(C)c1ccc(F)cc1.CC(C)c1cccc(F)c1.CC(C)c1ccccc1.CC(C)c1ccccc1F.Cc1ccc(C(C)C)cc1.Cc1ccc(C)c(C(C)C)c1.Cc1ccc(F)cc1C(C)C.Cc1cccc(C(C)C)c1.Cc1ccccc1C(C)C. The monoisotopic (exact) mass is 1550 g/mol. The predicted octanol–water partition coefficient (Wildman–Crippen LogP) is 34.2. The summed E-state index contributed by atoms with van der Waals surface area (Å²) in [6, 6.07) is 79.7. The molecule has 0 saturated heterocycles. The summed E-state index contributed by atoms with van der Waals surface area (Å²) in [5, 5.41) is 0.451. The first-order valence-corrected chi connectivity index (χ1v) is 40.5. The molecule has 11 aromatic carbocycles. The molecule has 7 heteroatoms. The molecule has 0 unspecified atom stereocenters. The van der Waals surface area contributed by atoms with Crippen LogP contribution in [0.25, 0.3) is 0 Å². The first-order valence-electron chi connectivity index (χ1n) is 40.1. The van der Waals surface area contributed by atoms with Crippen LogP contribution in [-0.4, -0.2) is 0 Å². The van der Waals surface area contributed by atoms with Crippen molar-refractivity contribution in [2.75, 3.05) is 0 Å². The maximum atomic E-state index is 13.0. The van der Waals surface area contributed by atoms with Crippen molar-refractivity contribution in [3.63, 3.8) is 0 Å². The van der Waals surface area contributed by atoms with Crippen molar-refractivity contribution in [3.8, 4) is 0 Å². The van der Waals surface area contributed by atoms with Gasteiger partial charge in [-0.05, 0) is 251 Å². The van der Waals surface area contributed by atoms with E-state index in [0.29, 0.717) is 58.3 Å². The summed E-state index contributed by atoms with van der Waals surface area (Å²) in [7, 11) is 0. The van der Waals surface area contributed by atoms with Crippen LogP contribution in [0.2, 0.25) is 5.02 Å². The summed E-state index contributed by atoms with van der Waals surface area (Å²) in [4.78, 5) is 0. The summed E-state index contributed by atoms with van der Waals surface area (Å²) < 4.78 is 75.8. The fourth-order valence-corrected chi connectivity index (χ4v) is 11.3. The van der Waals surface area contributed by atoms with Gasteiger partial charge in [0.1, 0.15) is 34.9 Å².